The van der Waals surface area contributed by atoms with Crippen molar-refractivity contribution in [3.8, 4) is 0 Å². The minimum Gasteiger partial charge on any atom is -0.370 e. The predicted octanol–water partition coefficient (Wildman–Crippen LogP) is 3.66. The van der Waals surface area contributed by atoms with Crippen LogP contribution < -0.4 is 20.9 Å². The topological polar surface area (TPSA) is 99.8 Å². The Morgan fingerprint density at radius 2 is 2.00 bits per heavy atom. The van der Waals surface area contributed by atoms with Crippen molar-refractivity contribution < 1.29 is 32.3 Å². The second-order valence-electron chi connectivity index (χ2n) is 8.48. The molecular formula is C23H24ClF3N4O4S. The van der Waals surface area contributed by atoms with Gasteiger partial charge in [0.15, 0.2) is 0 Å². The van der Waals surface area contributed by atoms with Crippen LogP contribution in [0.4, 0.5) is 24.5 Å². The molecule has 2 heterocycles. The molecule has 1 saturated carbocycles. The summed E-state index contributed by atoms with van der Waals surface area (Å²) in [6.45, 7) is 0.00398. The van der Waals surface area contributed by atoms with Crippen LogP contribution in [0.15, 0.2) is 30.3 Å². The molecule has 8 nitrogen and oxygen atoms in total. The molecule has 3 amide bonds. The van der Waals surface area contributed by atoms with Crippen molar-refractivity contribution in [3.05, 3.63) is 45.1 Å². The van der Waals surface area contributed by atoms with Gasteiger partial charge in [-0.1, -0.05) is 18.0 Å². The summed E-state index contributed by atoms with van der Waals surface area (Å²) >= 11 is 6.94. The van der Waals surface area contributed by atoms with E-state index in [0.29, 0.717) is 9.21 Å². The highest BCUT2D eigenvalue weighted by Gasteiger charge is 2.36. The van der Waals surface area contributed by atoms with Crippen molar-refractivity contribution in [2.24, 2.45) is 0 Å². The van der Waals surface area contributed by atoms with Crippen LogP contribution >= 0.6 is 22.9 Å². The summed E-state index contributed by atoms with van der Waals surface area (Å²) < 4.78 is 47.2. The maximum absolute atomic E-state index is 13.9. The van der Waals surface area contributed by atoms with E-state index >= 15 is 0 Å². The molecule has 1 saturated heterocycles. The highest BCUT2D eigenvalue weighted by atomic mass is 35.5. The first-order valence-electron chi connectivity index (χ1n) is 11.3. The van der Waals surface area contributed by atoms with Crippen molar-refractivity contribution >= 4 is 52.0 Å². The van der Waals surface area contributed by atoms with Crippen LogP contribution in [0, 0.1) is 0 Å². The lowest BCUT2D eigenvalue weighted by molar-refractivity contribution is -0.137. The fraction of sp³-hybridized carbons (Fsp3) is 0.435. The minimum absolute atomic E-state index is 0.0330. The summed E-state index contributed by atoms with van der Waals surface area (Å²) in [6, 6.07) is 5.52. The molecule has 13 heteroatoms. The van der Waals surface area contributed by atoms with Gasteiger partial charge in [-0.2, -0.15) is 13.2 Å². The lowest BCUT2D eigenvalue weighted by Gasteiger charge is -2.31. The van der Waals surface area contributed by atoms with Crippen molar-refractivity contribution in [3.63, 3.8) is 0 Å². The van der Waals surface area contributed by atoms with Gasteiger partial charge in [0.05, 0.1) is 27.1 Å². The van der Waals surface area contributed by atoms with Crippen molar-refractivity contribution in [2.45, 2.75) is 37.5 Å². The number of halogens is 4. The van der Waals surface area contributed by atoms with Gasteiger partial charge in [0.1, 0.15) is 12.6 Å². The van der Waals surface area contributed by atoms with E-state index in [1.54, 1.807) is 12.1 Å². The normalized spacial score (nSPS) is 17.4. The number of hydrogen-bond donors (Lipinski definition) is 3. The van der Waals surface area contributed by atoms with Crippen LogP contribution in [-0.2, 0) is 20.5 Å². The Balaban J connectivity index is 1.51. The molecule has 1 aromatic heterocycles. The van der Waals surface area contributed by atoms with Crippen LogP contribution in [0.25, 0.3) is 0 Å². The van der Waals surface area contributed by atoms with E-state index in [0.717, 1.165) is 42.7 Å². The molecule has 2 fully saturated rings. The molecule has 1 aliphatic heterocycles. The third-order valence-electron chi connectivity index (χ3n) is 5.99. The maximum atomic E-state index is 13.9. The Hall–Kier alpha value is -2.67. The van der Waals surface area contributed by atoms with Gasteiger partial charge in [-0.15, -0.1) is 11.3 Å². The number of anilines is 2. The smallest absolute Gasteiger partial charge is 0.370 e. The Labute approximate surface area is 214 Å². The third kappa shape index (κ3) is 6.36. The summed E-state index contributed by atoms with van der Waals surface area (Å²) in [6.07, 6.45) is -2.15. The van der Waals surface area contributed by atoms with Crippen molar-refractivity contribution in [1.82, 2.24) is 10.6 Å². The average molecular weight is 545 g/mol. The number of thiophene rings is 1. The van der Waals surface area contributed by atoms with E-state index in [1.807, 2.05) is 0 Å². The first-order valence-corrected chi connectivity index (χ1v) is 12.5. The summed E-state index contributed by atoms with van der Waals surface area (Å²) in [5.41, 5.74) is -1.44. The molecule has 1 aliphatic carbocycles. The van der Waals surface area contributed by atoms with Crippen LogP contribution in [-0.4, -0.2) is 56.1 Å². The maximum Gasteiger partial charge on any atom is 0.418 e. The van der Waals surface area contributed by atoms with E-state index in [4.69, 9.17) is 16.3 Å². The van der Waals surface area contributed by atoms with E-state index < -0.39 is 41.2 Å². The fourth-order valence-electron chi connectivity index (χ4n) is 3.86. The summed E-state index contributed by atoms with van der Waals surface area (Å²) in [4.78, 5) is 39.1. The molecule has 194 valence electrons. The number of alkyl halides is 3. The molecule has 0 radical (unpaired) electrons. The molecule has 3 N–H and O–H groups in total. The summed E-state index contributed by atoms with van der Waals surface area (Å²) in [5, 5.41) is 8.12. The number of carbonyl (C=O) groups is 3. The quantitative estimate of drug-likeness (QED) is 0.471. The van der Waals surface area contributed by atoms with Crippen LogP contribution in [0.3, 0.4) is 0 Å². The molecule has 4 rings (SSSR count). The third-order valence-corrected chi connectivity index (χ3v) is 7.22. The number of ether oxygens (including phenoxy) is 1. The molecule has 0 unspecified atom stereocenters. The average Bonchev–Trinajstić information content (AvgIpc) is 3.24. The van der Waals surface area contributed by atoms with E-state index in [-0.39, 0.29) is 38.0 Å². The number of morpholine rings is 1. The predicted molar refractivity (Wildman–Crippen MR) is 129 cm³/mol. The summed E-state index contributed by atoms with van der Waals surface area (Å²) in [7, 11) is 0. The molecule has 0 bridgehead atoms. The largest absolute Gasteiger partial charge is 0.418 e. The highest BCUT2D eigenvalue weighted by molar-refractivity contribution is 7.18. The second kappa shape index (κ2) is 11.2. The zero-order chi connectivity index (χ0) is 25.9. The van der Waals surface area contributed by atoms with Crippen molar-refractivity contribution in [2.75, 3.05) is 36.5 Å². The number of nitrogens with zero attached hydrogens (tertiary/aromatic N) is 1. The molecule has 1 aromatic carbocycles. The molecule has 1 atom stereocenters. The molecule has 2 aliphatic rings. The summed E-state index contributed by atoms with van der Waals surface area (Å²) in [5.74, 6) is -1.60. The Kier molecular flexibility index (Phi) is 8.18. The zero-order valence-electron chi connectivity index (χ0n) is 19.0. The van der Waals surface area contributed by atoms with Gasteiger partial charge >= 0.3 is 6.18 Å². The van der Waals surface area contributed by atoms with E-state index in [9.17, 15) is 27.6 Å². The van der Waals surface area contributed by atoms with Gasteiger partial charge in [0, 0.05) is 24.8 Å². The number of rotatable bonds is 8. The fourth-order valence-corrected chi connectivity index (χ4v) is 4.82. The molecular weight excluding hydrogens is 521 g/mol. The number of benzene rings is 1. The van der Waals surface area contributed by atoms with Gasteiger partial charge in [-0.25, -0.2) is 0 Å². The first-order chi connectivity index (χ1) is 17.1. The molecule has 36 heavy (non-hydrogen) atoms. The van der Waals surface area contributed by atoms with Gasteiger partial charge in [-0.05, 0) is 43.2 Å². The minimum atomic E-state index is -4.78. The number of carbonyl (C=O) groups excluding carboxylic acids is 3. The number of amides is 3. The second-order valence-corrected chi connectivity index (χ2v) is 10.2. The Morgan fingerprint density at radius 1 is 1.22 bits per heavy atom. The lowest BCUT2D eigenvalue weighted by atomic mass is 9.92. The number of nitrogens with one attached hydrogen (secondary N) is 3. The molecule has 0 spiro atoms. The standard InChI is InChI=1S/C23H24ClF3N4O4S/c24-19-7-6-18(36-19)22(34)28-11-17(29-13-2-1-3-13)21(33)30-16-5-4-14(10-15(16)23(25,26)27)31-8-9-35-12-20(31)32/h4-7,10,13,17,29H,1-3,8-9,11-12H2,(H,28,34)(H,30,33)/t17-/m1/s1. The first kappa shape index (κ1) is 26.4. The number of hydrogen-bond acceptors (Lipinski definition) is 6. The lowest BCUT2D eigenvalue weighted by Crippen LogP contribution is -2.53. The molecule has 2 aromatic rings. The van der Waals surface area contributed by atoms with Gasteiger partial charge in [0.25, 0.3) is 11.8 Å². The Morgan fingerprint density at radius 3 is 2.61 bits per heavy atom. The van der Waals surface area contributed by atoms with Crippen molar-refractivity contribution in [1.29, 1.82) is 0 Å². The van der Waals surface area contributed by atoms with Gasteiger partial charge in [-0.3, -0.25) is 14.4 Å². The van der Waals surface area contributed by atoms with Crippen LogP contribution in [0.1, 0.15) is 34.5 Å². The Bertz CT molecular complexity index is 1140. The van der Waals surface area contributed by atoms with E-state index in [2.05, 4.69) is 16.0 Å². The van der Waals surface area contributed by atoms with Crippen LogP contribution in [0.5, 0.6) is 0 Å². The monoisotopic (exact) mass is 544 g/mol. The SMILES string of the molecule is O=C(NC[C@@H](NC1CCC1)C(=O)Nc1ccc(N2CCOCC2=O)cc1C(F)(F)F)c1ccc(Cl)s1. The van der Waals surface area contributed by atoms with Gasteiger partial charge in [0.2, 0.25) is 5.91 Å². The van der Waals surface area contributed by atoms with E-state index in [1.165, 1.54) is 11.0 Å². The zero-order valence-corrected chi connectivity index (χ0v) is 20.6. The van der Waals surface area contributed by atoms with Crippen LogP contribution in [0.2, 0.25) is 4.34 Å². The van der Waals surface area contributed by atoms with Gasteiger partial charge < -0.3 is 25.6 Å². The highest BCUT2D eigenvalue weighted by Crippen LogP contribution is 2.37.